The van der Waals surface area contributed by atoms with Crippen LogP contribution in [-0.2, 0) is 77.5 Å². The average molecular weight is 1750 g/mol. The molecule has 17 heteroatoms. The van der Waals surface area contributed by atoms with E-state index in [1.54, 1.807) is 31.4 Å². The highest BCUT2D eigenvalue weighted by Gasteiger charge is 2.19. The average Bonchev–Trinajstić information content (AvgIpc) is 1.68. The van der Waals surface area contributed by atoms with Gasteiger partial charge in [0.05, 0.1) is 7.11 Å². The standard InChI is InChI=1S/C29H30N2O3.C29H32N2O2.2C28H29FN2O/c1-30(2)13-3-14-31-15-12-25-17-22(6-10-26(25)31)16-21-4-8-24(9-5-21)27(32)18-23-7-11-28-29(19-23)34-20-33-28;1-30(2)16-4-17-31-18-15-26-20-24(9-14-28(26)31)19-22-5-10-25(11-6-22)29(32)21-23-7-12-27(33-3)13-8-23;1-30(2)15-3-16-31-17-14-25-19-23(8-13-27(25)31)18-21-4-9-24(10-5-21)28(32)20-22-6-11-26(29)12-7-22;1-30(2)14-4-15-31-16-13-25-18-23(9-12-27(25)31)17-21-7-10-24(11-8-21)28(32)20-22-5-3-6-26(29)19-22/h4-12,15,17,19H,3,13-14,16,18,20H2,1-2H3;5-15,18,20H,4,16-17,19,21H2,1-3H3;4-14,17,19H,3,15-16,18,20H2,1-2H3;3,5-13,16,18-19H,4,14-15,17,20H2,1-2H3. The van der Waals surface area contributed by atoms with Gasteiger partial charge in [0.2, 0.25) is 6.79 Å². The van der Waals surface area contributed by atoms with Gasteiger partial charge in [-0.3, -0.25) is 19.2 Å². The molecule has 0 saturated carbocycles. The molecule has 0 spiro atoms. The molecule has 131 heavy (non-hydrogen) atoms. The van der Waals surface area contributed by atoms with Gasteiger partial charge in [0, 0.05) is 121 Å². The number of fused-ring (bicyclic) bond motifs is 5. The summed E-state index contributed by atoms with van der Waals surface area (Å²) in [7, 11) is 18.5. The Balaban J connectivity index is 0.000000141. The fourth-order valence-corrected chi connectivity index (χ4v) is 16.8. The van der Waals surface area contributed by atoms with Crippen LogP contribution in [-0.4, -0.2) is 157 Å². The first kappa shape index (κ1) is 93.7. The third-order valence-electron chi connectivity index (χ3n) is 24.0. The van der Waals surface area contributed by atoms with E-state index in [0.29, 0.717) is 35.3 Å². The number of hydrogen-bond donors (Lipinski definition) is 0. The van der Waals surface area contributed by atoms with E-state index in [2.05, 4.69) is 240 Å². The fourth-order valence-electron chi connectivity index (χ4n) is 16.8. The molecule has 0 fully saturated rings. The molecule has 17 rings (SSSR count). The number of benzene rings is 12. The van der Waals surface area contributed by atoms with Crippen LogP contribution in [0.15, 0.2) is 310 Å². The fraction of sp³-hybridized carbons (Fsp3) is 0.263. The number of Topliss-reactive ketones (excluding diaryl/α,β-unsaturated/α-hetero) is 4. The smallest absolute Gasteiger partial charge is 0.231 e. The zero-order valence-corrected chi connectivity index (χ0v) is 77.0. The molecule has 0 saturated heterocycles. The van der Waals surface area contributed by atoms with Crippen molar-refractivity contribution in [2.24, 2.45) is 0 Å². The number of rotatable bonds is 37. The highest BCUT2D eigenvalue weighted by molar-refractivity contribution is 6.00. The molecule has 0 bridgehead atoms. The summed E-state index contributed by atoms with van der Waals surface area (Å²) in [6, 6.07) is 92.8. The van der Waals surface area contributed by atoms with Gasteiger partial charge in [0.25, 0.3) is 0 Å². The van der Waals surface area contributed by atoms with Crippen LogP contribution in [0.1, 0.15) is 134 Å². The van der Waals surface area contributed by atoms with E-state index in [1.807, 2.05) is 115 Å². The maximum absolute atomic E-state index is 13.3. The van der Waals surface area contributed by atoms with E-state index in [-0.39, 0.29) is 54.4 Å². The van der Waals surface area contributed by atoms with E-state index in [4.69, 9.17) is 14.2 Å². The number of hydrogen-bond acceptors (Lipinski definition) is 11. The zero-order valence-electron chi connectivity index (χ0n) is 77.0. The molecule has 1 aliphatic rings. The van der Waals surface area contributed by atoms with Gasteiger partial charge in [-0.25, -0.2) is 8.78 Å². The number of methoxy groups -OCH3 is 1. The van der Waals surface area contributed by atoms with Crippen molar-refractivity contribution in [2.45, 2.75) is 103 Å². The minimum absolute atomic E-state index is 0.000763. The van der Waals surface area contributed by atoms with Crippen LogP contribution >= 0.6 is 0 Å². The molecule has 15 nitrogen and oxygen atoms in total. The molecule has 0 N–H and O–H groups in total. The molecule has 5 heterocycles. The minimum Gasteiger partial charge on any atom is -0.497 e. The van der Waals surface area contributed by atoms with E-state index in [9.17, 15) is 28.0 Å². The Morgan fingerprint density at radius 1 is 0.290 bits per heavy atom. The Hall–Kier alpha value is -13.4. The second kappa shape index (κ2) is 45.7. The molecule has 0 unspecified atom stereocenters. The van der Waals surface area contributed by atoms with Crippen molar-refractivity contribution >= 4 is 66.7 Å². The lowest BCUT2D eigenvalue weighted by molar-refractivity contribution is 0.0984. The quantitative estimate of drug-likeness (QED) is 0.0345. The molecule has 16 aromatic rings. The Morgan fingerprint density at radius 3 is 0.885 bits per heavy atom. The molecule has 672 valence electrons. The summed E-state index contributed by atoms with van der Waals surface area (Å²) in [5, 5.41) is 5.08. The van der Waals surface area contributed by atoms with Crippen LogP contribution in [0.2, 0.25) is 0 Å². The van der Waals surface area contributed by atoms with Gasteiger partial charge in [-0.2, -0.15) is 0 Å². The maximum atomic E-state index is 13.3. The lowest BCUT2D eigenvalue weighted by Gasteiger charge is -2.11. The van der Waals surface area contributed by atoms with Gasteiger partial charge in [0.15, 0.2) is 34.6 Å². The van der Waals surface area contributed by atoms with Crippen molar-refractivity contribution in [3.8, 4) is 17.2 Å². The second-order valence-electron chi connectivity index (χ2n) is 35.4. The third kappa shape index (κ3) is 27.1. The van der Waals surface area contributed by atoms with Crippen molar-refractivity contribution < 1.29 is 42.2 Å². The van der Waals surface area contributed by atoms with Gasteiger partial charge < -0.3 is 52.1 Å². The van der Waals surface area contributed by atoms with Crippen LogP contribution in [0.25, 0.3) is 43.6 Å². The van der Waals surface area contributed by atoms with Gasteiger partial charge in [-0.15, -0.1) is 0 Å². The van der Waals surface area contributed by atoms with Crippen LogP contribution in [0, 0.1) is 11.6 Å². The maximum Gasteiger partial charge on any atom is 0.231 e. The van der Waals surface area contributed by atoms with Crippen LogP contribution < -0.4 is 14.2 Å². The Morgan fingerprint density at radius 2 is 0.573 bits per heavy atom. The van der Waals surface area contributed by atoms with Gasteiger partial charge in [-0.1, -0.05) is 164 Å². The second-order valence-corrected chi connectivity index (χ2v) is 35.4. The first-order valence-corrected chi connectivity index (χ1v) is 45.4. The number of ketones is 4. The largest absolute Gasteiger partial charge is 0.497 e. The number of ether oxygens (including phenoxy) is 3. The predicted molar refractivity (Wildman–Crippen MR) is 528 cm³/mol. The zero-order chi connectivity index (χ0) is 91.7. The number of carbonyl (C=O) groups is 4. The van der Waals surface area contributed by atoms with Gasteiger partial charge in [-0.05, 0) is 344 Å². The third-order valence-corrected chi connectivity index (χ3v) is 24.0. The number of aryl methyl sites for hydroxylation is 4. The van der Waals surface area contributed by atoms with E-state index >= 15 is 0 Å². The highest BCUT2D eigenvalue weighted by Crippen LogP contribution is 2.34. The van der Waals surface area contributed by atoms with Crippen LogP contribution in [0.5, 0.6) is 17.2 Å². The molecule has 0 radical (unpaired) electrons. The molecule has 1 aliphatic heterocycles. The first-order chi connectivity index (χ1) is 63.5. The molecule has 0 amide bonds. The van der Waals surface area contributed by atoms with Gasteiger partial charge >= 0.3 is 0 Å². The van der Waals surface area contributed by atoms with Crippen LogP contribution in [0.3, 0.4) is 0 Å². The van der Waals surface area contributed by atoms with Crippen LogP contribution in [0.4, 0.5) is 8.78 Å². The topological polar surface area (TPSA) is 129 Å². The molecular weight excluding hydrogens is 1630 g/mol. The normalized spacial score (nSPS) is 11.7. The summed E-state index contributed by atoms with van der Waals surface area (Å²) in [5.74, 6) is 1.91. The van der Waals surface area contributed by atoms with Crippen molar-refractivity contribution in [2.75, 3.05) is 96.5 Å². The molecule has 4 aromatic heterocycles. The van der Waals surface area contributed by atoms with Crippen molar-refractivity contribution in [1.29, 1.82) is 0 Å². The van der Waals surface area contributed by atoms with Crippen molar-refractivity contribution in [3.63, 3.8) is 0 Å². The molecular formula is C114H120F2N8O7. The first-order valence-electron chi connectivity index (χ1n) is 45.4. The summed E-state index contributed by atoms with van der Waals surface area (Å²) < 4.78 is 51.7. The van der Waals surface area contributed by atoms with E-state index < -0.39 is 0 Å². The summed E-state index contributed by atoms with van der Waals surface area (Å²) in [6.07, 6.45) is 17.8. The van der Waals surface area contributed by atoms with Crippen molar-refractivity contribution in [3.05, 3.63) is 411 Å². The lowest BCUT2D eigenvalue weighted by Crippen LogP contribution is -2.14. The molecule has 0 atom stereocenters. The number of carbonyl (C=O) groups excluding carboxylic acids is 4. The van der Waals surface area contributed by atoms with Crippen molar-refractivity contribution in [1.82, 2.24) is 37.9 Å². The Kier molecular flexibility index (Phi) is 32.7. The van der Waals surface area contributed by atoms with Gasteiger partial charge in [0.1, 0.15) is 17.4 Å². The molecule has 12 aromatic carbocycles. The highest BCUT2D eigenvalue weighted by atomic mass is 19.1. The lowest BCUT2D eigenvalue weighted by atomic mass is 9.99. The molecule has 0 aliphatic carbocycles. The minimum atomic E-state index is -0.313. The number of halogens is 2. The number of aromatic nitrogens is 4. The summed E-state index contributed by atoms with van der Waals surface area (Å²) >= 11 is 0. The Bertz CT molecular complexity index is 6480. The summed E-state index contributed by atoms with van der Waals surface area (Å²) in [6.45, 7) is 8.70. The summed E-state index contributed by atoms with van der Waals surface area (Å²) in [5.41, 5.74) is 21.2. The Labute approximate surface area is 769 Å². The predicted octanol–water partition coefficient (Wildman–Crippen LogP) is 22.5. The van der Waals surface area contributed by atoms with E-state index in [0.717, 1.165) is 149 Å². The SMILES string of the molecule is CN(C)CCCn1ccc2cc(Cc3ccc(C(=O)Cc4ccc(F)cc4)cc3)ccc21.CN(C)CCCn1ccc2cc(Cc3ccc(C(=O)Cc4ccc5c(c4)OCO5)cc3)ccc21.CN(C)CCCn1ccc2cc(Cc3ccc(C(=O)Cc4cccc(F)c4)cc3)ccc21.COc1ccc(CC(=O)c2ccc(Cc3ccc4c(ccn4CCCN(C)C)c3)cc2)cc1. The van der Waals surface area contributed by atoms with E-state index in [1.165, 1.54) is 107 Å². The monoisotopic (exact) mass is 1750 g/mol. The summed E-state index contributed by atoms with van der Waals surface area (Å²) in [4.78, 5) is 59.4. The number of nitrogens with zero attached hydrogens (tertiary/aromatic N) is 8.